The van der Waals surface area contributed by atoms with E-state index < -0.39 is 5.97 Å². The van der Waals surface area contributed by atoms with Gasteiger partial charge < -0.3 is 24.0 Å². The molecular weight excluding hydrogens is 873 g/mol. The maximum Gasteiger partial charge on any atom is 0.303 e. The van der Waals surface area contributed by atoms with Crippen LogP contribution in [0.2, 0.25) is 0 Å². The Bertz CT molecular complexity index is 2040. The highest BCUT2D eigenvalue weighted by Gasteiger charge is 2.38. The van der Waals surface area contributed by atoms with Gasteiger partial charge in [0.25, 0.3) is 5.91 Å². The van der Waals surface area contributed by atoms with Gasteiger partial charge in [-0.05, 0) is 111 Å². The molecule has 1 amide bonds. The van der Waals surface area contributed by atoms with Gasteiger partial charge in [-0.25, -0.2) is 9.97 Å². The maximum atomic E-state index is 15.0. The zero-order valence-electron chi connectivity index (χ0n) is 44.0. The number of unbranched alkanes of at least 4 members (excludes halogenated alkanes) is 15. The van der Waals surface area contributed by atoms with Crippen LogP contribution in [-0.4, -0.2) is 115 Å². The predicted octanol–water partition coefficient (Wildman–Crippen LogP) is 12.5. The second-order valence-electron chi connectivity index (χ2n) is 22.8. The number of methoxy groups -OCH3 is 1. The molecule has 8 rings (SSSR count). The lowest BCUT2D eigenvalue weighted by atomic mass is 9.85. The third-order valence-electron chi connectivity index (χ3n) is 16.5. The zero-order chi connectivity index (χ0) is 49.2. The first-order valence-electron chi connectivity index (χ1n) is 28.1. The summed E-state index contributed by atoms with van der Waals surface area (Å²) in [6.07, 6.45) is 28.9. The number of piperazine rings is 3. The molecule has 1 atom stereocenters. The predicted molar refractivity (Wildman–Crippen MR) is 284 cm³/mol. The number of rotatable bonds is 32. The highest BCUT2D eigenvalue weighted by atomic mass is 16.5. The van der Waals surface area contributed by atoms with E-state index in [0.717, 1.165) is 74.3 Å². The van der Waals surface area contributed by atoms with E-state index in [2.05, 4.69) is 28.6 Å². The Kier molecular flexibility index (Phi) is 20.7. The van der Waals surface area contributed by atoms with Crippen LogP contribution in [0.1, 0.15) is 183 Å². The molecule has 386 valence electrons. The minimum atomic E-state index is -0.765. The number of pyridine rings is 2. The number of carboxylic acids is 1. The first-order valence-corrected chi connectivity index (χ1v) is 28.1. The molecule has 11 nitrogen and oxygen atoms in total. The van der Waals surface area contributed by atoms with Crippen molar-refractivity contribution in [2.45, 2.75) is 168 Å². The quantitative estimate of drug-likeness (QED) is 0.0483. The number of nitrogens with zero attached hydrogens (tertiary/aromatic N) is 6. The van der Waals surface area contributed by atoms with Gasteiger partial charge in [0.2, 0.25) is 5.88 Å². The van der Waals surface area contributed by atoms with Crippen LogP contribution in [0.3, 0.4) is 0 Å². The number of carbonyl (C=O) groups is 2. The van der Waals surface area contributed by atoms with Crippen molar-refractivity contribution in [3.63, 3.8) is 0 Å². The van der Waals surface area contributed by atoms with Gasteiger partial charge in [-0.1, -0.05) is 110 Å². The number of benzene rings is 1. The number of aryl methyl sites for hydroxylation is 1. The largest absolute Gasteiger partial charge is 0.497 e. The van der Waals surface area contributed by atoms with E-state index in [1.807, 2.05) is 60.4 Å². The summed E-state index contributed by atoms with van der Waals surface area (Å²) in [4.78, 5) is 42.8. The molecule has 1 N–H and O–H groups in total. The Morgan fingerprint density at radius 3 is 1.99 bits per heavy atom. The average molecular weight is 964 g/mol. The SMILES string of the molecule is COc1ccc(C(=O)N(CC(C)(C)CCCCCCCCCCCCCCCCCC[N+]23CCN(CC2)CC3)c2cccc(C)n2)c(N2CCC(COc3cc([C@@H](CC(=O)O)C4CC4)ccn3)CC2)c1. The number of aromatic nitrogens is 2. The number of ether oxygens (including phenoxy) is 2. The molecule has 1 saturated carbocycles. The topological polar surface area (TPSA) is 108 Å². The Morgan fingerprint density at radius 1 is 0.786 bits per heavy atom. The lowest BCUT2D eigenvalue weighted by molar-refractivity contribution is -0.941. The molecule has 5 aliphatic rings. The van der Waals surface area contributed by atoms with Crippen LogP contribution in [0.5, 0.6) is 11.6 Å². The summed E-state index contributed by atoms with van der Waals surface area (Å²) in [5, 5.41) is 9.52. The van der Waals surface area contributed by atoms with Gasteiger partial charge in [0.15, 0.2) is 0 Å². The Morgan fingerprint density at radius 2 is 1.40 bits per heavy atom. The van der Waals surface area contributed by atoms with Crippen LogP contribution in [-0.2, 0) is 4.79 Å². The first kappa shape index (κ1) is 53.6. The second kappa shape index (κ2) is 27.0. The molecule has 1 aliphatic carbocycles. The summed E-state index contributed by atoms with van der Waals surface area (Å²) < 4.78 is 13.4. The standard InChI is InChI=1S/C59H90N6O5/c1-47-22-21-23-55(61-47)64(46-59(2,3)31-19-17-15-13-11-9-7-5-6-8-10-12-14-16-18-20-38-65-39-35-62(36-40-65)37-41-65)58(68)52-27-26-51(69-4)43-54(52)63-33-29-48(30-34-63)45-70-56-42-50(28-32-60-56)53(44-57(66)67)49-24-25-49/h21-23,26-28,32,42-43,48-49,53H,5-20,24-25,29-31,33-41,44-46H2,1-4H3/p+1/t53-/m0/s1. The van der Waals surface area contributed by atoms with E-state index in [1.54, 1.807) is 13.3 Å². The number of quaternary nitrogens is 1. The number of aliphatic carboxylic acids is 1. The van der Waals surface area contributed by atoms with Crippen molar-refractivity contribution in [3.05, 3.63) is 71.5 Å². The molecule has 3 aromatic rings. The molecule has 2 bridgehead atoms. The van der Waals surface area contributed by atoms with E-state index in [0.29, 0.717) is 42.2 Å². The van der Waals surface area contributed by atoms with E-state index in [9.17, 15) is 14.7 Å². The molecule has 5 fully saturated rings. The molecule has 2 aromatic heterocycles. The number of fused-ring (bicyclic) bond motifs is 3. The van der Waals surface area contributed by atoms with Crippen LogP contribution in [0.25, 0.3) is 0 Å². The summed E-state index contributed by atoms with van der Waals surface area (Å²) in [5.74, 6) is 1.95. The summed E-state index contributed by atoms with van der Waals surface area (Å²) in [5.41, 5.74) is 3.36. The lowest BCUT2D eigenvalue weighted by Gasteiger charge is -2.50. The normalized spacial score (nSPS) is 19.8. The van der Waals surface area contributed by atoms with E-state index in [-0.39, 0.29) is 23.7 Å². The highest BCUT2D eigenvalue weighted by Crippen LogP contribution is 2.45. The second-order valence-corrected chi connectivity index (χ2v) is 22.8. The zero-order valence-corrected chi connectivity index (χ0v) is 44.0. The average Bonchev–Trinajstić information content (AvgIpc) is 4.22. The molecule has 4 aliphatic heterocycles. The molecule has 0 radical (unpaired) electrons. The molecule has 11 heteroatoms. The van der Waals surface area contributed by atoms with Crippen molar-refractivity contribution in [2.24, 2.45) is 17.3 Å². The number of carbonyl (C=O) groups excluding carboxylic acids is 1. The monoisotopic (exact) mass is 964 g/mol. The van der Waals surface area contributed by atoms with Crippen LogP contribution in [0.15, 0.2) is 54.7 Å². The minimum absolute atomic E-state index is 0.00669. The van der Waals surface area contributed by atoms with Crippen LogP contribution in [0.4, 0.5) is 11.5 Å². The van der Waals surface area contributed by atoms with Gasteiger partial charge in [-0.3, -0.25) is 19.4 Å². The maximum absolute atomic E-state index is 15.0. The molecular formula is C59H91N6O5+. The Hall–Kier alpha value is -4.22. The van der Waals surface area contributed by atoms with E-state index in [4.69, 9.17) is 14.5 Å². The molecule has 4 saturated heterocycles. The van der Waals surface area contributed by atoms with Gasteiger partial charge >= 0.3 is 5.97 Å². The summed E-state index contributed by atoms with van der Waals surface area (Å²) in [6.45, 7) is 19.0. The summed E-state index contributed by atoms with van der Waals surface area (Å²) >= 11 is 0. The molecule has 6 heterocycles. The van der Waals surface area contributed by atoms with Gasteiger partial charge in [0.05, 0.1) is 57.6 Å². The fourth-order valence-electron chi connectivity index (χ4n) is 11.8. The van der Waals surface area contributed by atoms with Gasteiger partial charge in [-0.2, -0.15) is 0 Å². The Labute approximate surface area is 422 Å². The summed E-state index contributed by atoms with van der Waals surface area (Å²) in [6, 6.07) is 15.7. The Balaban J connectivity index is 0.804. The van der Waals surface area contributed by atoms with Gasteiger partial charge in [0, 0.05) is 63.3 Å². The number of hydrogen-bond acceptors (Lipinski definition) is 8. The molecule has 70 heavy (non-hydrogen) atoms. The molecule has 1 aromatic carbocycles. The van der Waals surface area contributed by atoms with Gasteiger partial charge in [-0.15, -0.1) is 0 Å². The van der Waals surface area contributed by atoms with Crippen molar-refractivity contribution in [1.29, 1.82) is 0 Å². The highest BCUT2D eigenvalue weighted by molar-refractivity contribution is 6.09. The van der Waals surface area contributed by atoms with Crippen molar-refractivity contribution < 1.29 is 28.7 Å². The lowest BCUT2D eigenvalue weighted by Crippen LogP contribution is -2.67. The third-order valence-corrected chi connectivity index (χ3v) is 16.5. The number of piperidine rings is 1. The van der Waals surface area contributed by atoms with Crippen molar-refractivity contribution >= 4 is 23.4 Å². The van der Waals surface area contributed by atoms with Crippen molar-refractivity contribution in [2.75, 3.05) is 89.0 Å². The van der Waals surface area contributed by atoms with E-state index in [1.165, 1.54) is 147 Å². The number of hydrogen-bond donors (Lipinski definition) is 1. The fourth-order valence-corrected chi connectivity index (χ4v) is 11.8. The third kappa shape index (κ3) is 16.7. The number of anilines is 2. The minimum Gasteiger partial charge on any atom is -0.497 e. The van der Waals surface area contributed by atoms with Crippen molar-refractivity contribution in [3.8, 4) is 11.6 Å². The fraction of sp³-hybridized carbons (Fsp3) is 0.695. The number of amides is 1. The van der Waals surface area contributed by atoms with Crippen LogP contribution in [0, 0.1) is 24.2 Å². The first-order chi connectivity index (χ1) is 34.0. The van der Waals surface area contributed by atoms with Gasteiger partial charge in [0.1, 0.15) is 11.6 Å². The smallest absolute Gasteiger partial charge is 0.303 e. The molecule has 0 spiro atoms. The molecule has 0 unspecified atom stereocenters. The van der Waals surface area contributed by atoms with Crippen LogP contribution >= 0.6 is 0 Å². The van der Waals surface area contributed by atoms with Crippen LogP contribution < -0.4 is 19.3 Å². The number of carboxylic acid groups (broad SMARTS) is 1. The van der Waals surface area contributed by atoms with E-state index >= 15 is 0 Å². The summed E-state index contributed by atoms with van der Waals surface area (Å²) in [7, 11) is 1.68. The van der Waals surface area contributed by atoms with Crippen molar-refractivity contribution in [1.82, 2.24) is 14.9 Å².